The van der Waals surface area contributed by atoms with Gasteiger partial charge in [0.05, 0.1) is 23.0 Å². The molecule has 0 fully saturated rings. The minimum Gasteiger partial charge on any atom is -0.511 e. The van der Waals surface area contributed by atoms with Gasteiger partial charge < -0.3 is 5.11 Å². The van der Waals surface area contributed by atoms with Crippen molar-refractivity contribution in [2.45, 2.75) is 52.4 Å². The van der Waals surface area contributed by atoms with Crippen LogP contribution < -0.4 is 0 Å². The molecule has 1 aromatic heterocycles. The Bertz CT molecular complexity index is 920. The van der Waals surface area contributed by atoms with E-state index in [9.17, 15) is 10.4 Å². The van der Waals surface area contributed by atoms with E-state index in [2.05, 4.69) is 39.5 Å². The second-order valence-corrected chi connectivity index (χ2v) is 8.50. The quantitative estimate of drug-likeness (QED) is 0.755. The average molecular weight is 364 g/mol. The Hall–Kier alpha value is -2.54. The van der Waals surface area contributed by atoms with Gasteiger partial charge in [0.1, 0.15) is 5.76 Å². The number of aromatic nitrogens is 2. The van der Waals surface area contributed by atoms with Crippen molar-refractivity contribution in [2.75, 3.05) is 0 Å². The lowest BCUT2D eigenvalue weighted by Crippen LogP contribution is -2.49. The lowest BCUT2D eigenvalue weighted by molar-refractivity contribution is 0.0632. The van der Waals surface area contributed by atoms with Crippen LogP contribution in [0.25, 0.3) is 5.57 Å². The zero-order valence-corrected chi connectivity index (χ0v) is 17.0. The minimum absolute atomic E-state index is 0.242. The summed E-state index contributed by atoms with van der Waals surface area (Å²) in [4.78, 5) is 0. The summed E-state index contributed by atoms with van der Waals surface area (Å²) in [6.45, 7) is 12.2. The molecule has 4 heteroatoms. The molecule has 0 aliphatic heterocycles. The molecule has 0 radical (unpaired) electrons. The second kappa shape index (κ2) is 6.56. The summed E-state index contributed by atoms with van der Waals surface area (Å²) in [6, 6.07) is 2.24. The van der Waals surface area contributed by atoms with Gasteiger partial charge in [-0.15, -0.1) is 0 Å². The average Bonchev–Trinajstić information content (AvgIpc) is 2.95. The molecule has 4 nitrogen and oxygen atoms in total. The fourth-order valence-electron chi connectivity index (χ4n) is 5.38. The number of nitrogens with zero attached hydrogens (tertiary/aromatic N) is 3. The third-order valence-electron chi connectivity index (χ3n) is 6.50. The maximum absolute atomic E-state index is 10.7. The summed E-state index contributed by atoms with van der Waals surface area (Å²) in [5.41, 5.74) is 4.35. The summed E-state index contributed by atoms with van der Waals surface area (Å²) in [6.07, 6.45) is 10.4. The minimum atomic E-state index is -0.434. The molecule has 0 spiro atoms. The number of rotatable bonds is 3. The van der Waals surface area contributed by atoms with Crippen LogP contribution in [0.4, 0.5) is 0 Å². The first kappa shape index (κ1) is 19.2. The predicted molar refractivity (Wildman–Crippen MR) is 109 cm³/mol. The smallest absolute Gasteiger partial charge is 0.112 e. The molecule has 2 aliphatic rings. The Labute approximate surface area is 162 Å². The van der Waals surface area contributed by atoms with Crippen molar-refractivity contribution in [1.29, 1.82) is 5.26 Å². The zero-order valence-electron chi connectivity index (χ0n) is 17.0. The molecule has 0 amide bonds. The fourth-order valence-corrected chi connectivity index (χ4v) is 5.38. The van der Waals surface area contributed by atoms with Crippen molar-refractivity contribution < 1.29 is 5.11 Å². The lowest BCUT2D eigenvalue weighted by atomic mass is 9.52. The van der Waals surface area contributed by atoms with Crippen molar-refractivity contribution >= 4 is 5.57 Å². The van der Waals surface area contributed by atoms with Crippen LogP contribution in [-0.4, -0.2) is 14.9 Å². The van der Waals surface area contributed by atoms with E-state index in [1.807, 2.05) is 30.8 Å². The van der Waals surface area contributed by atoms with Gasteiger partial charge in [0.15, 0.2) is 0 Å². The molecule has 27 heavy (non-hydrogen) atoms. The second-order valence-electron chi connectivity index (χ2n) is 8.50. The molecule has 1 aromatic rings. The van der Waals surface area contributed by atoms with Crippen LogP contribution >= 0.6 is 0 Å². The van der Waals surface area contributed by atoms with Gasteiger partial charge in [-0.05, 0) is 37.7 Å². The molecule has 0 aromatic carbocycles. The zero-order chi connectivity index (χ0) is 20.0. The van der Waals surface area contributed by atoms with Crippen LogP contribution in [0.5, 0.6) is 0 Å². The first-order valence-electron chi connectivity index (χ1n) is 9.57. The van der Waals surface area contributed by atoms with Gasteiger partial charge in [-0.2, -0.15) is 10.4 Å². The lowest BCUT2D eigenvalue weighted by Gasteiger charge is -2.51. The molecule has 0 bridgehead atoms. The summed E-state index contributed by atoms with van der Waals surface area (Å²) in [5, 5.41) is 25.2. The number of fused-ring (bicyclic) bond motifs is 3. The number of hydrogen-bond donors (Lipinski definition) is 1. The normalized spacial score (nSPS) is 27.3. The van der Waals surface area contributed by atoms with E-state index in [4.69, 9.17) is 5.10 Å². The van der Waals surface area contributed by atoms with Gasteiger partial charge in [0.2, 0.25) is 0 Å². The molecule has 2 aliphatic carbocycles. The number of aliphatic hydroxyl groups excluding tert-OH is 1. The van der Waals surface area contributed by atoms with E-state index in [-0.39, 0.29) is 17.1 Å². The van der Waals surface area contributed by atoms with E-state index >= 15 is 0 Å². The predicted octanol–water partition coefficient (Wildman–Crippen LogP) is 5.15. The highest BCUT2D eigenvalue weighted by atomic mass is 16.3. The maximum atomic E-state index is 10.7. The van der Waals surface area contributed by atoms with Gasteiger partial charge in [-0.25, -0.2) is 0 Å². The largest absolute Gasteiger partial charge is 0.511 e. The first-order valence-corrected chi connectivity index (χ1v) is 9.57. The van der Waals surface area contributed by atoms with E-state index < -0.39 is 5.41 Å². The molecule has 1 heterocycles. The Morgan fingerprint density at radius 1 is 1.41 bits per heavy atom. The van der Waals surface area contributed by atoms with E-state index in [1.165, 1.54) is 5.56 Å². The molecule has 142 valence electrons. The summed E-state index contributed by atoms with van der Waals surface area (Å²) in [5.74, 6) is 0.499. The van der Waals surface area contributed by atoms with E-state index in [0.29, 0.717) is 12.0 Å². The van der Waals surface area contributed by atoms with Gasteiger partial charge in [0.25, 0.3) is 0 Å². The van der Waals surface area contributed by atoms with Crippen LogP contribution in [-0.2, 0) is 18.9 Å². The summed E-state index contributed by atoms with van der Waals surface area (Å²) < 4.78 is 1.96. The van der Waals surface area contributed by atoms with E-state index in [0.717, 1.165) is 29.8 Å². The highest BCUT2D eigenvalue weighted by Gasteiger charge is 2.55. The van der Waals surface area contributed by atoms with Gasteiger partial charge >= 0.3 is 0 Å². The first-order chi connectivity index (χ1) is 12.7. The van der Waals surface area contributed by atoms with Crippen molar-refractivity contribution in [1.82, 2.24) is 9.78 Å². The molecule has 0 saturated heterocycles. The molecule has 1 N–H and O–H groups in total. The molecule has 2 unspecified atom stereocenters. The Balaban J connectivity index is 2.24. The molecule has 3 rings (SSSR count). The van der Waals surface area contributed by atoms with Crippen molar-refractivity contribution in [3.63, 3.8) is 0 Å². The maximum Gasteiger partial charge on any atom is 0.112 e. The highest BCUT2D eigenvalue weighted by molar-refractivity contribution is 5.76. The molecule has 0 saturated carbocycles. The van der Waals surface area contributed by atoms with Crippen LogP contribution in [0.2, 0.25) is 0 Å². The highest BCUT2D eigenvalue weighted by Crippen LogP contribution is 2.58. The van der Waals surface area contributed by atoms with Crippen LogP contribution in [0, 0.1) is 22.7 Å². The number of nitriles is 1. The summed E-state index contributed by atoms with van der Waals surface area (Å²) in [7, 11) is 1.99. The van der Waals surface area contributed by atoms with Crippen LogP contribution in [0.1, 0.15) is 57.5 Å². The molecular formula is C23H29N3O. The number of aryl methyl sites for hydroxylation is 1. The number of aliphatic hydroxyl groups is 1. The molecule has 2 atom stereocenters. The fraction of sp³-hybridized carbons (Fsp3) is 0.478. The number of hydrogen-bond acceptors (Lipinski definition) is 3. The Morgan fingerprint density at radius 2 is 2.11 bits per heavy atom. The standard InChI is InChI=1S/C23H29N3O/c1-7-9-15(10-8-2)19-17-11-12-18-22(3,4)21(27)16(14-24)13-23(18,5)20(17)25-26(19)6/h7-10,18,27H,1,11-13H2,2-6H3/b10-8-,15-9+. The Morgan fingerprint density at radius 3 is 2.70 bits per heavy atom. The Kier molecular flexibility index (Phi) is 4.67. The number of allylic oxidation sites excluding steroid dienone is 7. The van der Waals surface area contributed by atoms with Crippen LogP contribution in [0.15, 0.2) is 42.2 Å². The topological polar surface area (TPSA) is 61.8 Å². The third kappa shape index (κ3) is 2.68. The van der Waals surface area contributed by atoms with Gasteiger partial charge in [0, 0.05) is 23.4 Å². The van der Waals surface area contributed by atoms with Crippen molar-refractivity contribution in [3.8, 4) is 6.07 Å². The third-order valence-corrected chi connectivity index (χ3v) is 6.50. The van der Waals surface area contributed by atoms with Gasteiger partial charge in [-0.1, -0.05) is 51.7 Å². The van der Waals surface area contributed by atoms with Crippen LogP contribution in [0.3, 0.4) is 0 Å². The SMILES string of the molecule is C=C/C=C(\C=C/C)c1c2c(nn1C)C1(C)CC(C#N)=C(O)C(C)(C)C1CC2. The molecular weight excluding hydrogens is 334 g/mol. The van der Waals surface area contributed by atoms with E-state index in [1.54, 1.807) is 6.08 Å². The van der Waals surface area contributed by atoms with Gasteiger partial charge in [-0.3, -0.25) is 4.68 Å². The van der Waals surface area contributed by atoms with Crippen molar-refractivity contribution in [3.05, 3.63) is 59.2 Å². The monoisotopic (exact) mass is 363 g/mol. The van der Waals surface area contributed by atoms with Crippen molar-refractivity contribution in [2.24, 2.45) is 18.4 Å². The summed E-state index contributed by atoms with van der Waals surface area (Å²) >= 11 is 0.